The quantitative estimate of drug-likeness (QED) is 0.390. The molecule has 0 aliphatic carbocycles. The van der Waals surface area contributed by atoms with Gasteiger partial charge in [-0.1, -0.05) is 85.8 Å². The zero-order chi connectivity index (χ0) is 15.9. The maximum atomic E-state index is 2.49. The normalized spacial score (nSPS) is 19.5. The Morgan fingerprint density at radius 3 is 1.85 bits per heavy atom. The lowest BCUT2D eigenvalue weighted by Gasteiger charge is -2.38. The van der Waals surface area contributed by atoms with Crippen molar-refractivity contribution in [2.24, 2.45) is 23.2 Å². The monoisotopic (exact) mass is 280 g/mol. The fourth-order valence-electron chi connectivity index (χ4n) is 4.04. The van der Waals surface area contributed by atoms with E-state index in [1.807, 2.05) is 0 Å². The van der Waals surface area contributed by atoms with Crippen LogP contribution in [0.1, 0.15) is 94.4 Å². The van der Waals surface area contributed by atoms with Gasteiger partial charge in [-0.15, -0.1) is 0 Å². The van der Waals surface area contributed by atoms with Crippen LogP contribution in [0.15, 0.2) is 11.1 Å². The molecule has 3 atom stereocenters. The molecule has 0 amide bonds. The predicted molar refractivity (Wildman–Crippen MR) is 94.1 cm³/mol. The largest absolute Gasteiger partial charge is 0.0702 e. The van der Waals surface area contributed by atoms with Crippen molar-refractivity contribution in [1.82, 2.24) is 0 Å². The number of hydrogen-bond donors (Lipinski definition) is 0. The lowest BCUT2D eigenvalue weighted by Crippen LogP contribution is -2.27. The topological polar surface area (TPSA) is 0 Å². The summed E-state index contributed by atoms with van der Waals surface area (Å²) in [6.07, 6.45) is 6.54. The van der Waals surface area contributed by atoms with Gasteiger partial charge in [-0.05, 0) is 42.9 Å². The average molecular weight is 281 g/mol. The third kappa shape index (κ3) is 4.93. The molecule has 0 saturated heterocycles. The first-order valence-corrected chi connectivity index (χ1v) is 8.95. The lowest BCUT2D eigenvalue weighted by molar-refractivity contribution is 0.198. The molecular weight excluding hydrogens is 240 g/mol. The molecule has 0 saturated carbocycles. The summed E-state index contributed by atoms with van der Waals surface area (Å²) < 4.78 is 0. The van der Waals surface area contributed by atoms with E-state index in [9.17, 15) is 0 Å². The van der Waals surface area contributed by atoms with Crippen LogP contribution in [0.3, 0.4) is 0 Å². The summed E-state index contributed by atoms with van der Waals surface area (Å²) in [5.74, 6) is 2.12. The third-order valence-corrected chi connectivity index (χ3v) is 5.65. The van der Waals surface area contributed by atoms with E-state index in [0.717, 1.165) is 5.92 Å². The van der Waals surface area contributed by atoms with Crippen LogP contribution in [0.4, 0.5) is 0 Å². The van der Waals surface area contributed by atoms with Crippen LogP contribution in [-0.4, -0.2) is 0 Å². The first kappa shape index (κ1) is 19.7. The van der Waals surface area contributed by atoms with Gasteiger partial charge in [0.2, 0.25) is 0 Å². The molecule has 0 nitrogen and oxygen atoms in total. The Hall–Kier alpha value is -0.260. The fourth-order valence-corrected chi connectivity index (χ4v) is 4.04. The molecule has 0 rings (SSSR count). The molecular formula is C20H40. The van der Waals surface area contributed by atoms with Crippen LogP contribution in [0, 0.1) is 23.2 Å². The SMILES string of the molecule is CCCC(C)C(=C(C)C(C)C(C)(CC)CCC)C(C)C. The molecule has 0 aromatic rings. The van der Waals surface area contributed by atoms with Crippen LogP contribution in [0.5, 0.6) is 0 Å². The highest BCUT2D eigenvalue weighted by Gasteiger charge is 2.31. The molecule has 0 bridgehead atoms. The van der Waals surface area contributed by atoms with Crippen LogP contribution in [0.25, 0.3) is 0 Å². The zero-order valence-corrected chi connectivity index (χ0v) is 15.8. The molecule has 120 valence electrons. The second-order valence-electron chi connectivity index (χ2n) is 7.46. The van der Waals surface area contributed by atoms with E-state index < -0.39 is 0 Å². The molecule has 0 heterocycles. The van der Waals surface area contributed by atoms with Crippen molar-refractivity contribution >= 4 is 0 Å². The van der Waals surface area contributed by atoms with Crippen molar-refractivity contribution in [2.45, 2.75) is 94.4 Å². The highest BCUT2D eigenvalue weighted by atomic mass is 14.4. The maximum absolute atomic E-state index is 2.49. The third-order valence-electron chi connectivity index (χ3n) is 5.65. The summed E-state index contributed by atoms with van der Waals surface area (Å²) in [5, 5.41) is 0. The Balaban J connectivity index is 5.48. The molecule has 0 aliphatic heterocycles. The summed E-state index contributed by atoms with van der Waals surface area (Å²) in [7, 11) is 0. The van der Waals surface area contributed by atoms with Gasteiger partial charge in [-0.25, -0.2) is 0 Å². The van der Waals surface area contributed by atoms with Crippen molar-refractivity contribution in [3.8, 4) is 0 Å². The van der Waals surface area contributed by atoms with E-state index in [1.165, 1.54) is 32.1 Å². The minimum atomic E-state index is 0.463. The van der Waals surface area contributed by atoms with Crippen molar-refractivity contribution in [1.29, 1.82) is 0 Å². The van der Waals surface area contributed by atoms with Crippen LogP contribution < -0.4 is 0 Å². The van der Waals surface area contributed by atoms with Crippen molar-refractivity contribution in [3.05, 3.63) is 11.1 Å². The van der Waals surface area contributed by atoms with Gasteiger partial charge >= 0.3 is 0 Å². The first-order valence-electron chi connectivity index (χ1n) is 8.95. The van der Waals surface area contributed by atoms with E-state index in [0.29, 0.717) is 17.3 Å². The van der Waals surface area contributed by atoms with E-state index in [-0.39, 0.29) is 0 Å². The van der Waals surface area contributed by atoms with Gasteiger partial charge < -0.3 is 0 Å². The lowest BCUT2D eigenvalue weighted by atomic mass is 9.67. The Labute approximate surface area is 129 Å². The molecule has 0 aromatic heterocycles. The maximum Gasteiger partial charge on any atom is -0.0178 e. The molecule has 0 fully saturated rings. The van der Waals surface area contributed by atoms with E-state index in [1.54, 1.807) is 11.1 Å². The second-order valence-corrected chi connectivity index (χ2v) is 7.46. The van der Waals surface area contributed by atoms with Crippen LogP contribution in [-0.2, 0) is 0 Å². The standard InChI is InChI=1S/C20H40/c1-10-13-16(6)19(15(4)5)17(7)18(8)20(9,12-3)14-11-2/h15-16,18H,10-14H2,1-9H3. The summed E-state index contributed by atoms with van der Waals surface area (Å²) in [4.78, 5) is 0. The van der Waals surface area contributed by atoms with Crippen LogP contribution >= 0.6 is 0 Å². The molecule has 0 aromatic carbocycles. The minimum absolute atomic E-state index is 0.463. The predicted octanol–water partition coefficient (Wildman–Crippen LogP) is 7.25. The molecule has 0 radical (unpaired) electrons. The van der Waals surface area contributed by atoms with Crippen molar-refractivity contribution < 1.29 is 0 Å². The van der Waals surface area contributed by atoms with Gasteiger partial charge in [0, 0.05) is 0 Å². The highest BCUT2D eigenvalue weighted by Crippen LogP contribution is 2.43. The van der Waals surface area contributed by atoms with Gasteiger partial charge in [0.15, 0.2) is 0 Å². The van der Waals surface area contributed by atoms with Gasteiger partial charge in [0.25, 0.3) is 0 Å². The first-order chi connectivity index (χ1) is 9.25. The van der Waals surface area contributed by atoms with Gasteiger partial charge in [0.05, 0.1) is 0 Å². The number of allylic oxidation sites excluding steroid dienone is 2. The van der Waals surface area contributed by atoms with Crippen molar-refractivity contribution in [3.63, 3.8) is 0 Å². The van der Waals surface area contributed by atoms with E-state index in [2.05, 4.69) is 62.3 Å². The summed E-state index contributed by atoms with van der Waals surface area (Å²) in [6.45, 7) is 21.5. The Morgan fingerprint density at radius 2 is 1.50 bits per heavy atom. The smallest absolute Gasteiger partial charge is 0.0178 e. The van der Waals surface area contributed by atoms with Gasteiger partial charge in [-0.3, -0.25) is 0 Å². The van der Waals surface area contributed by atoms with Gasteiger partial charge in [0.1, 0.15) is 0 Å². The molecule has 0 aliphatic rings. The fraction of sp³-hybridized carbons (Fsp3) is 0.900. The van der Waals surface area contributed by atoms with Crippen LogP contribution in [0.2, 0.25) is 0 Å². The average Bonchev–Trinajstić information content (AvgIpc) is 2.37. The molecule has 0 heteroatoms. The molecule has 20 heavy (non-hydrogen) atoms. The van der Waals surface area contributed by atoms with E-state index >= 15 is 0 Å². The Bertz CT molecular complexity index is 297. The Kier molecular flexibility index (Phi) is 8.79. The van der Waals surface area contributed by atoms with E-state index in [4.69, 9.17) is 0 Å². The Morgan fingerprint density at radius 1 is 0.950 bits per heavy atom. The van der Waals surface area contributed by atoms with Crippen molar-refractivity contribution in [2.75, 3.05) is 0 Å². The summed E-state index contributed by atoms with van der Waals surface area (Å²) in [6, 6.07) is 0. The number of hydrogen-bond acceptors (Lipinski definition) is 0. The summed E-state index contributed by atoms with van der Waals surface area (Å²) >= 11 is 0. The molecule has 0 spiro atoms. The number of rotatable bonds is 9. The highest BCUT2D eigenvalue weighted by molar-refractivity contribution is 5.21. The van der Waals surface area contributed by atoms with Gasteiger partial charge in [-0.2, -0.15) is 0 Å². The minimum Gasteiger partial charge on any atom is -0.0702 e. The molecule has 3 unspecified atom stereocenters. The molecule has 0 N–H and O–H groups in total. The summed E-state index contributed by atoms with van der Waals surface area (Å²) in [5.41, 5.74) is 3.87. The zero-order valence-electron chi connectivity index (χ0n) is 15.8. The second kappa shape index (κ2) is 8.90.